The van der Waals surface area contributed by atoms with E-state index in [0.29, 0.717) is 0 Å². The minimum Gasteiger partial charge on any atom is -0.504 e. The first-order valence-corrected chi connectivity index (χ1v) is 7.83. The van der Waals surface area contributed by atoms with Crippen LogP contribution in [0.15, 0.2) is 34.8 Å². The first-order chi connectivity index (χ1) is 13.3. The summed E-state index contributed by atoms with van der Waals surface area (Å²) >= 11 is 2.88. The molecule has 0 heterocycles. The molecule has 0 aliphatic rings. The summed E-state index contributed by atoms with van der Waals surface area (Å²) in [5, 5.41) is 18.3. The van der Waals surface area contributed by atoms with Gasteiger partial charge in [0.15, 0.2) is 35.6 Å². The van der Waals surface area contributed by atoms with E-state index in [-0.39, 0.29) is 28.2 Å². The quantitative estimate of drug-likeness (QED) is 0.464. The van der Waals surface area contributed by atoms with Crippen molar-refractivity contribution in [2.75, 3.05) is 0 Å². The van der Waals surface area contributed by atoms with E-state index in [0.717, 1.165) is 12.1 Å². The van der Waals surface area contributed by atoms with Crippen LogP contribution < -0.4 is 9.47 Å². The van der Waals surface area contributed by atoms with E-state index in [4.69, 9.17) is 5.11 Å². The first kappa shape index (κ1) is 24.1. The molecule has 2 aromatic carbocycles. The third-order valence-corrected chi connectivity index (χ3v) is 3.26. The maximum atomic E-state index is 11.9. The number of aromatic hydroxyl groups is 2. The molecule has 0 saturated carbocycles. The molecular weight excluding hydrogens is 482 g/mol. The second-order valence-corrected chi connectivity index (χ2v) is 5.78. The zero-order chi connectivity index (χ0) is 22.4. The third-order valence-electron chi connectivity index (χ3n) is 2.80. The van der Waals surface area contributed by atoms with Gasteiger partial charge in [-0.25, -0.2) is 0 Å². The minimum atomic E-state index is -4.92. The van der Waals surface area contributed by atoms with Gasteiger partial charge in [-0.05, 0) is 24.3 Å². The topological polar surface area (TPSA) is 93.1 Å². The molecule has 2 N–H and O–H groups in total. The molecule has 0 bridgehead atoms. The van der Waals surface area contributed by atoms with Crippen LogP contribution in [0.1, 0.15) is 20.7 Å². The number of phenolic OH excluding ortho intramolecular Hbond substituents is 2. The highest BCUT2D eigenvalue weighted by atomic mass is 79.9. The fourth-order valence-electron chi connectivity index (χ4n) is 1.73. The first-order valence-electron chi connectivity index (χ1n) is 7.03. The lowest BCUT2D eigenvalue weighted by Gasteiger charge is -2.11. The number of hydrogen-bond acceptors (Lipinski definition) is 6. The number of carbonyl (C=O) groups is 2. The van der Waals surface area contributed by atoms with Crippen molar-refractivity contribution >= 4 is 28.5 Å². The molecule has 6 nitrogen and oxygen atoms in total. The second kappa shape index (κ2) is 9.49. The molecule has 0 saturated heterocycles. The molecule has 158 valence electrons. The summed E-state index contributed by atoms with van der Waals surface area (Å²) in [4.78, 5) is 20.6. The van der Waals surface area contributed by atoms with Gasteiger partial charge in [-0.1, -0.05) is 22.0 Å². The zero-order valence-corrected chi connectivity index (χ0v) is 15.3. The van der Waals surface area contributed by atoms with Crippen LogP contribution >= 0.6 is 15.9 Å². The average molecular weight is 491 g/mol. The smallest absolute Gasteiger partial charge is 0.504 e. The fraction of sp³-hybridized carbons (Fsp3) is 0.125. The zero-order valence-electron chi connectivity index (χ0n) is 13.7. The Hall–Kier alpha value is -2.96. The standard InChI is InChI=1S/C8H4BrF3O3.C8H5F3O3/c9-5-1-4(3-13)7(14)6(2-5)15-8(10,11)12;9-8(10,11)14-6-3-1-2-5(4-12)7(6)13/h1-3,14H;1-4,13H. The van der Waals surface area contributed by atoms with Gasteiger partial charge in [0.25, 0.3) is 0 Å². The number of ether oxygens (including phenoxy) is 2. The molecule has 0 aromatic heterocycles. The molecule has 0 amide bonds. The molecule has 0 spiro atoms. The lowest BCUT2D eigenvalue weighted by molar-refractivity contribution is -0.276. The number of carbonyl (C=O) groups excluding carboxylic acids is 2. The van der Waals surface area contributed by atoms with Crippen molar-refractivity contribution in [1.82, 2.24) is 0 Å². The van der Waals surface area contributed by atoms with Crippen LogP contribution in [0.2, 0.25) is 0 Å². The van der Waals surface area contributed by atoms with E-state index in [9.17, 15) is 41.0 Å². The van der Waals surface area contributed by atoms with E-state index in [1.165, 1.54) is 18.2 Å². The lowest BCUT2D eigenvalue weighted by atomic mass is 10.2. The van der Waals surface area contributed by atoms with Crippen molar-refractivity contribution < 1.29 is 55.6 Å². The summed E-state index contributed by atoms with van der Waals surface area (Å²) in [5.41, 5.74) is -0.546. The van der Waals surface area contributed by atoms with E-state index < -0.39 is 35.7 Å². The van der Waals surface area contributed by atoms with Gasteiger partial charge in [-0.3, -0.25) is 9.59 Å². The Morgan fingerprint density at radius 3 is 1.76 bits per heavy atom. The van der Waals surface area contributed by atoms with Gasteiger partial charge >= 0.3 is 12.7 Å². The predicted octanol–water partition coefficient (Wildman–Crippen LogP) is 4.97. The summed E-state index contributed by atoms with van der Waals surface area (Å²) in [5.74, 6) is -3.27. The number of rotatable bonds is 4. The maximum Gasteiger partial charge on any atom is 0.573 e. The summed E-state index contributed by atoms with van der Waals surface area (Å²) < 4.78 is 77.9. The number of aldehydes is 2. The van der Waals surface area contributed by atoms with Crippen LogP contribution in [0.4, 0.5) is 26.3 Å². The highest BCUT2D eigenvalue weighted by Gasteiger charge is 2.33. The van der Waals surface area contributed by atoms with Gasteiger partial charge in [-0.2, -0.15) is 0 Å². The molecular formula is C16H9BrF6O6. The molecule has 0 atom stereocenters. The average Bonchev–Trinajstić information content (AvgIpc) is 2.58. The van der Waals surface area contributed by atoms with Crippen LogP contribution in [-0.2, 0) is 0 Å². The normalized spacial score (nSPS) is 11.1. The second-order valence-electron chi connectivity index (χ2n) is 4.87. The maximum absolute atomic E-state index is 11.9. The van der Waals surface area contributed by atoms with Gasteiger partial charge in [-0.15, -0.1) is 26.3 Å². The Morgan fingerprint density at radius 2 is 1.28 bits per heavy atom. The Kier molecular flexibility index (Phi) is 7.88. The molecule has 0 radical (unpaired) electrons. The van der Waals surface area contributed by atoms with E-state index in [1.54, 1.807) is 0 Å². The summed E-state index contributed by atoms with van der Waals surface area (Å²) in [6, 6.07) is 5.34. The SMILES string of the molecule is O=Cc1cc(Br)cc(OC(F)(F)F)c1O.O=Cc1cccc(OC(F)(F)F)c1O. The summed E-state index contributed by atoms with van der Waals surface area (Å²) in [7, 11) is 0. The third kappa shape index (κ3) is 7.89. The van der Waals surface area contributed by atoms with Crippen LogP contribution in [0.5, 0.6) is 23.0 Å². The van der Waals surface area contributed by atoms with Crippen LogP contribution in [0, 0.1) is 0 Å². The van der Waals surface area contributed by atoms with Gasteiger partial charge < -0.3 is 19.7 Å². The van der Waals surface area contributed by atoms with Gasteiger partial charge in [0, 0.05) is 4.47 Å². The van der Waals surface area contributed by atoms with Crippen LogP contribution in [-0.4, -0.2) is 35.5 Å². The van der Waals surface area contributed by atoms with Gasteiger partial charge in [0.05, 0.1) is 11.1 Å². The highest BCUT2D eigenvalue weighted by molar-refractivity contribution is 9.10. The predicted molar refractivity (Wildman–Crippen MR) is 88.1 cm³/mol. The number of hydrogen-bond donors (Lipinski definition) is 2. The van der Waals surface area contributed by atoms with Crippen molar-refractivity contribution in [2.45, 2.75) is 12.7 Å². The summed E-state index contributed by atoms with van der Waals surface area (Å²) in [6.07, 6.45) is -9.35. The molecule has 0 aliphatic carbocycles. The largest absolute Gasteiger partial charge is 0.573 e. The molecule has 13 heteroatoms. The van der Waals surface area contributed by atoms with Crippen molar-refractivity contribution in [1.29, 1.82) is 0 Å². The van der Waals surface area contributed by atoms with Crippen molar-refractivity contribution in [3.8, 4) is 23.0 Å². The Labute approximate surface area is 166 Å². The molecule has 29 heavy (non-hydrogen) atoms. The number of benzene rings is 2. The molecule has 0 aliphatic heterocycles. The molecule has 2 rings (SSSR count). The fourth-order valence-corrected chi connectivity index (χ4v) is 2.18. The monoisotopic (exact) mass is 490 g/mol. The summed E-state index contributed by atoms with van der Waals surface area (Å²) in [6.45, 7) is 0. The van der Waals surface area contributed by atoms with Crippen LogP contribution in [0.3, 0.4) is 0 Å². The van der Waals surface area contributed by atoms with Crippen LogP contribution in [0.25, 0.3) is 0 Å². The molecule has 2 aromatic rings. The number of halogens is 7. The molecule has 0 fully saturated rings. The number of para-hydroxylation sites is 1. The van der Waals surface area contributed by atoms with Gasteiger partial charge in [0.1, 0.15) is 0 Å². The van der Waals surface area contributed by atoms with E-state index in [1.807, 2.05) is 0 Å². The Morgan fingerprint density at radius 1 is 0.793 bits per heavy atom. The highest BCUT2D eigenvalue weighted by Crippen LogP contribution is 2.36. The molecule has 0 unspecified atom stereocenters. The van der Waals surface area contributed by atoms with Gasteiger partial charge in [0.2, 0.25) is 0 Å². The number of alkyl halides is 6. The van der Waals surface area contributed by atoms with Crippen molar-refractivity contribution in [2.24, 2.45) is 0 Å². The van der Waals surface area contributed by atoms with E-state index >= 15 is 0 Å². The van der Waals surface area contributed by atoms with Crippen molar-refractivity contribution in [3.05, 3.63) is 45.9 Å². The lowest BCUT2D eigenvalue weighted by Crippen LogP contribution is -2.17. The Balaban J connectivity index is 0.000000291. The Bertz CT molecular complexity index is 881. The minimum absolute atomic E-state index is 0.196. The van der Waals surface area contributed by atoms with Crippen molar-refractivity contribution in [3.63, 3.8) is 0 Å². The number of phenols is 2. The van der Waals surface area contributed by atoms with E-state index in [2.05, 4.69) is 25.4 Å².